The maximum atomic E-state index is 14.2. The van der Waals surface area contributed by atoms with E-state index in [1.54, 1.807) is 26.5 Å². The Morgan fingerprint density at radius 3 is 2.67 bits per heavy atom. The average Bonchev–Trinajstić information content (AvgIpc) is 2.47. The maximum Gasteiger partial charge on any atom is 0.171 e. The van der Waals surface area contributed by atoms with E-state index in [0.29, 0.717) is 6.42 Å². The van der Waals surface area contributed by atoms with Crippen molar-refractivity contribution in [2.45, 2.75) is 12.8 Å². The molecule has 0 unspecified atom stereocenters. The Morgan fingerprint density at radius 1 is 1.43 bits per heavy atom. The predicted octanol–water partition coefficient (Wildman–Crippen LogP) is 3.35. The highest BCUT2D eigenvalue weighted by Crippen LogP contribution is 2.28. The smallest absolute Gasteiger partial charge is 0.171 e. The third-order valence-corrected chi connectivity index (χ3v) is 3.01. The third-order valence-electron chi connectivity index (χ3n) is 3.01. The summed E-state index contributed by atoms with van der Waals surface area (Å²) in [5.41, 5.74) is 1.07. The molecule has 0 radical (unpaired) electrons. The number of nitrogens with one attached hydrogen (secondary N) is 1. The third kappa shape index (κ3) is 4.15. The molecule has 0 bridgehead atoms. The number of nitrogens with zero attached hydrogens (tertiary/aromatic N) is 1. The number of methoxy groups -OCH3 is 1. The van der Waals surface area contributed by atoms with Crippen LogP contribution in [-0.2, 0) is 6.42 Å². The number of ether oxygens (including phenoxy) is 1. The lowest BCUT2D eigenvalue weighted by atomic mass is 10.0. The fourth-order valence-corrected chi connectivity index (χ4v) is 2.00. The SMILES string of the molecule is C=Cc1cc(OC)c(F)c(CCC(/C=N\C)=C/NC)c1F. The van der Waals surface area contributed by atoms with Crippen molar-refractivity contribution < 1.29 is 13.5 Å². The quantitative estimate of drug-likeness (QED) is 0.782. The highest BCUT2D eigenvalue weighted by Gasteiger charge is 2.17. The molecule has 0 aromatic heterocycles. The standard InChI is InChI=1S/C16H20F2N2O/c1-5-12-8-14(21-4)16(18)13(15(12)17)7-6-11(9-19-2)10-20-3/h5,8-10,19H,1,6-7H2,2-4H3/b11-9-,20-10-. The van der Waals surface area contributed by atoms with Crippen LogP contribution in [0, 0.1) is 11.6 Å². The van der Waals surface area contributed by atoms with E-state index in [-0.39, 0.29) is 23.3 Å². The van der Waals surface area contributed by atoms with Crippen LogP contribution in [0.1, 0.15) is 17.5 Å². The van der Waals surface area contributed by atoms with Crippen molar-refractivity contribution in [1.82, 2.24) is 5.32 Å². The minimum atomic E-state index is -0.669. The van der Waals surface area contributed by atoms with E-state index < -0.39 is 11.6 Å². The molecular weight excluding hydrogens is 274 g/mol. The Bertz CT molecular complexity index is 566. The van der Waals surface area contributed by atoms with E-state index in [4.69, 9.17) is 4.74 Å². The van der Waals surface area contributed by atoms with Gasteiger partial charge in [-0.15, -0.1) is 0 Å². The van der Waals surface area contributed by atoms with Crippen molar-refractivity contribution in [1.29, 1.82) is 0 Å². The van der Waals surface area contributed by atoms with E-state index in [1.165, 1.54) is 19.3 Å². The molecule has 1 rings (SSSR count). The first-order valence-corrected chi connectivity index (χ1v) is 6.54. The summed E-state index contributed by atoms with van der Waals surface area (Å²) < 4.78 is 33.4. The molecular formula is C16H20F2N2O. The summed E-state index contributed by atoms with van der Waals surface area (Å²) in [5.74, 6) is -1.25. The lowest BCUT2D eigenvalue weighted by molar-refractivity contribution is 0.380. The molecule has 0 aliphatic rings. The van der Waals surface area contributed by atoms with Gasteiger partial charge < -0.3 is 10.1 Å². The topological polar surface area (TPSA) is 33.6 Å². The van der Waals surface area contributed by atoms with Gasteiger partial charge in [0.2, 0.25) is 0 Å². The van der Waals surface area contributed by atoms with E-state index in [1.807, 2.05) is 0 Å². The zero-order valence-electron chi connectivity index (χ0n) is 12.5. The Hall–Kier alpha value is -2.17. The molecule has 0 amide bonds. The number of halogens is 2. The molecule has 0 atom stereocenters. The largest absolute Gasteiger partial charge is 0.494 e. The molecule has 0 aliphatic carbocycles. The number of hydrogen-bond acceptors (Lipinski definition) is 3. The molecule has 1 N–H and O–H groups in total. The lowest BCUT2D eigenvalue weighted by Crippen LogP contribution is -2.04. The maximum absolute atomic E-state index is 14.2. The minimum Gasteiger partial charge on any atom is -0.494 e. The van der Waals surface area contributed by atoms with Gasteiger partial charge in [0.1, 0.15) is 5.82 Å². The van der Waals surface area contributed by atoms with Gasteiger partial charge in [-0.2, -0.15) is 0 Å². The highest BCUT2D eigenvalue weighted by molar-refractivity contribution is 5.78. The number of benzene rings is 1. The summed E-state index contributed by atoms with van der Waals surface area (Å²) in [6.45, 7) is 3.53. The average molecular weight is 294 g/mol. The summed E-state index contributed by atoms with van der Waals surface area (Å²) in [6.07, 6.45) is 5.40. The Kier molecular flexibility index (Phi) is 6.59. The first kappa shape index (κ1) is 16.9. The molecule has 0 spiro atoms. The normalized spacial score (nSPS) is 11.8. The lowest BCUT2D eigenvalue weighted by Gasteiger charge is -2.12. The molecule has 21 heavy (non-hydrogen) atoms. The fourth-order valence-electron chi connectivity index (χ4n) is 2.00. The van der Waals surface area contributed by atoms with E-state index in [0.717, 1.165) is 5.57 Å². The van der Waals surface area contributed by atoms with Crippen molar-refractivity contribution in [2.75, 3.05) is 21.2 Å². The second-order valence-corrected chi connectivity index (χ2v) is 4.37. The first-order chi connectivity index (χ1) is 10.1. The molecule has 0 heterocycles. The summed E-state index contributed by atoms with van der Waals surface area (Å²) in [6, 6.07) is 1.30. The number of hydrogen-bond donors (Lipinski definition) is 1. The second-order valence-electron chi connectivity index (χ2n) is 4.37. The predicted molar refractivity (Wildman–Crippen MR) is 82.9 cm³/mol. The van der Waals surface area contributed by atoms with Crippen LogP contribution in [0.25, 0.3) is 6.08 Å². The van der Waals surface area contributed by atoms with Gasteiger partial charge in [0.15, 0.2) is 11.6 Å². The highest BCUT2D eigenvalue weighted by atomic mass is 19.1. The van der Waals surface area contributed by atoms with Crippen molar-refractivity contribution in [3.63, 3.8) is 0 Å². The minimum absolute atomic E-state index is 0.00393. The van der Waals surface area contributed by atoms with Crippen LogP contribution in [-0.4, -0.2) is 27.4 Å². The molecule has 0 saturated carbocycles. The monoisotopic (exact) mass is 294 g/mol. The van der Waals surface area contributed by atoms with Gasteiger partial charge in [0.05, 0.1) is 7.11 Å². The number of rotatable bonds is 7. The van der Waals surface area contributed by atoms with Crippen LogP contribution in [0.3, 0.4) is 0 Å². The molecule has 114 valence electrons. The fraction of sp³-hybridized carbons (Fsp3) is 0.312. The Balaban J connectivity index is 3.12. The number of allylic oxidation sites excluding steroid dienone is 1. The van der Waals surface area contributed by atoms with Crippen LogP contribution >= 0.6 is 0 Å². The van der Waals surface area contributed by atoms with Gasteiger partial charge in [0, 0.05) is 37.6 Å². The van der Waals surface area contributed by atoms with Crippen LogP contribution in [0.5, 0.6) is 5.75 Å². The molecule has 1 aromatic carbocycles. The van der Waals surface area contributed by atoms with Gasteiger partial charge >= 0.3 is 0 Å². The second kappa shape index (κ2) is 8.19. The molecule has 3 nitrogen and oxygen atoms in total. The molecule has 0 aliphatic heterocycles. The zero-order valence-corrected chi connectivity index (χ0v) is 12.5. The van der Waals surface area contributed by atoms with Gasteiger partial charge in [0.25, 0.3) is 0 Å². The summed E-state index contributed by atoms with van der Waals surface area (Å²) in [7, 11) is 4.75. The molecule has 1 aromatic rings. The van der Waals surface area contributed by atoms with Crippen LogP contribution in [0.15, 0.2) is 29.4 Å². The summed E-state index contributed by atoms with van der Waals surface area (Å²) in [5, 5.41) is 2.88. The van der Waals surface area contributed by atoms with Gasteiger partial charge in [-0.3, -0.25) is 4.99 Å². The van der Waals surface area contributed by atoms with Crippen LogP contribution < -0.4 is 10.1 Å². The first-order valence-electron chi connectivity index (χ1n) is 6.54. The molecule has 0 fully saturated rings. The summed E-state index contributed by atoms with van der Waals surface area (Å²) in [4.78, 5) is 3.92. The van der Waals surface area contributed by atoms with Crippen molar-refractivity contribution >= 4 is 12.3 Å². The van der Waals surface area contributed by atoms with Gasteiger partial charge in [-0.1, -0.05) is 12.7 Å². The Morgan fingerprint density at radius 2 is 2.14 bits per heavy atom. The van der Waals surface area contributed by atoms with Crippen molar-refractivity contribution in [3.8, 4) is 5.75 Å². The van der Waals surface area contributed by atoms with E-state index in [2.05, 4.69) is 16.9 Å². The van der Waals surface area contributed by atoms with Crippen LogP contribution in [0.4, 0.5) is 8.78 Å². The molecule has 5 heteroatoms. The summed E-state index contributed by atoms with van der Waals surface area (Å²) >= 11 is 0. The zero-order chi connectivity index (χ0) is 15.8. The van der Waals surface area contributed by atoms with Crippen molar-refractivity contribution in [2.24, 2.45) is 4.99 Å². The van der Waals surface area contributed by atoms with Crippen molar-refractivity contribution in [3.05, 3.63) is 47.2 Å². The molecule has 0 saturated heterocycles. The van der Waals surface area contributed by atoms with Crippen LogP contribution in [0.2, 0.25) is 0 Å². The van der Waals surface area contributed by atoms with Gasteiger partial charge in [-0.05, 0) is 24.5 Å². The van der Waals surface area contributed by atoms with E-state index in [9.17, 15) is 8.78 Å². The van der Waals surface area contributed by atoms with Gasteiger partial charge in [-0.25, -0.2) is 8.78 Å². The Labute approximate surface area is 124 Å². The van der Waals surface area contributed by atoms with E-state index >= 15 is 0 Å². The number of aliphatic imine (C=N–C) groups is 1.